The Balaban J connectivity index is 2.52. The van der Waals surface area contributed by atoms with Crippen LogP contribution in [0.15, 0.2) is 60.7 Å². The van der Waals surface area contributed by atoms with Crippen molar-refractivity contribution in [2.45, 2.75) is 58.2 Å². The Kier molecular flexibility index (Phi) is 8.12. The zero-order valence-corrected chi connectivity index (χ0v) is 17.7. The van der Waals surface area contributed by atoms with Gasteiger partial charge in [0.05, 0.1) is 6.54 Å². The minimum atomic E-state index is -2.65. The summed E-state index contributed by atoms with van der Waals surface area (Å²) in [6.45, 7) is 9.11. The normalized spacial score (nSPS) is 12.8. The second-order valence-electron chi connectivity index (χ2n) is 7.74. The average molecular weight is 386 g/mol. The maximum absolute atomic E-state index is 11.4. The van der Waals surface area contributed by atoms with Gasteiger partial charge in [-0.25, -0.2) is 0 Å². The SMILES string of the molecule is CC(C)N(C(C)C)C(CN[P+](=O)[O-])(Cc1ccccc1)Cc1ccccc1. The van der Waals surface area contributed by atoms with Gasteiger partial charge in [0.25, 0.3) is 0 Å². The van der Waals surface area contributed by atoms with E-state index in [-0.39, 0.29) is 17.6 Å². The Morgan fingerprint density at radius 1 is 0.889 bits per heavy atom. The quantitative estimate of drug-likeness (QED) is 0.629. The fourth-order valence-corrected chi connectivity index (χ4v) is 4.74. The van der Waals surface area contributed by atoms with Gasteiger partial charge in [-0.15, -0.1) is 5.09 Å². The molecule has 1 N–H and O–H groups in total. The number of nitrogens with zero attached hydrogens (tertiary/aromatic N) is 1. The molecule has 1 atom stereocenters. The van der Waals surface area contributed by atoms with Crippen LogP contribution in [-0.4, -0.2) is 29.1 Å². The monoisotopic (exact) mass is 386 g/mol. The van der Waals surface area contributed by atoms with E-state index in [2.05, 4.69) is 61.9 Å². The highest BCUT2D eigenvalue weighted by Crippen LogP contribution is 2.31. The first-order chi connectivity index (χ1) is 12.8. The second kappa shape index (κ2) is 10.1. The topological polar surface area (TPSA) is 55.4 Å². The van der Waals surface area contributed by atoms with Crippen LogP contribution in [0.1, 0.15) is 38.8 Å². The molecular weight excluding hydrogens is 355 g/mol. The van der Waals surface area contributed by atoms with Crippen LogP contribution in [0.4, 0.5) is 0 Å². The van der Waals surface area contributed by atoms with Gasteiger partial charge in [-0.2, -0.15) is 0 Å². The first-order valence-electron chi connectivity index (χ1n) is 9.58. The average Bonchev–Trinajstić information content (AvgIpc) is 2.61. The zero-order chi connectivity index (χ0) is 19.9. The number of benzene rings is 2. The van der Waals surface area contributed by atoms with Crippen LogP contribution in [0.25, 0.3) is 0 Å². The number of hydrogen-bond donors (Lipinski definition) is 1. The van der Waals surface area contributed by atoms with Crippen molar-refractivity contribution in [3.8, 4) is 0 Å². The van der Waals surface area contributed by atoms with Gasteiger partial charge in [0, 0.05) is 17.6 Å². The highest BCUT2D eigenvalue weighted by Gasteiger charge is 2.41. The summed E-state index contributed by atoms with van der Waals surface area (Å²) in [5.74, 6) is 0. The molecule has 0 bridgehead atoms. The van der Waals surface area contributed by atoms with Gasteiger partial charge in [-0.1, -0.05) is 65.2 Å². The Bertz CT molecular complexity index is 655. The summed E-state index contributed by atoms with van der Waals surface area (Å²) < 4.78 is 11.4. The summed E-state index contributed by atoms with van der Waals surface area (Å²) in [5, 5.41) is 2.73. The van der Waals surface area contributed by atoms with E-state index in [1.165, 1.54) is 11.1 Å². The van der Waals surface area contributed by atoms with E-state index in [1.807, 2.05) is 36.4 Å². The predicted molar refractivity (Wildman–Crippen MR) is 111 cm³/mol. The van der Waals surface area contributed by atoms with Gasteiger partial charge in [-0.05, 0) is 51.7 Å². The van der Waals surface area contributed by atoms with E-state index in [0.29, 0.717) is 6.54 Å². The molecule has 27 heavy (non-hydrogen) atoms. The van der Waals surface area contributed by atoms with E-state index in [1.54, 1.807) is 0 Å². The minimum Gasteiger partial charge on any atom is -0.578 e. The summed E-state index contributed by atoms with van der Waals surface area (Å²) in [6.07, 6.45) is 1.55. The summed E-state index contributed by atoms with van der Waals surface area (Å²) in [7, 11) is -2.65. The fourth-order valence-electron chi connectivity index (χ4n) is 4.32. The van der Waals surface area contributed by atoms with E-state index in [0.717, 1.165) is 12.8 Å². The van der Waals surface area contributed by atoms with Crippen molar-refractivity contribution in [3.63, 3.8) is 0 Å². The number of hydrogen-bond acceptors (Lipinski definition) is 3. The van der Waals surface area contributed by atoms with Gasteiger partial charge in [0.2, 0.25) is 0 Å². The first kappa shape index (κ1) is 21.7. The third kappa shape index (κ3) is 6.22. The van der Waals surface area contributed by atoms with Crippen molar-refractivity contribution < 1.29 is 9.46 Å². The van der Waals surface area contributed by atoms with Gasteiger partial charge < -0.3 is 4.89 Å². The third-order valence-corrected chi connectivity index (χ3v) is 5.37. The van der Waals surface area contributed by atoms with Crippen LogP contribution >= 0.6 is 8.18 Å². The van der Waals surface area contributed by atoms with Crippen LogP contribution in [0.2, 0.25) is 0 Å². The molecule has 0 aliphatic heterocycles. The van der Waals surface area contributed by atoms with Crippen LogP contribution in [-0.2, 0) is 17.4 Å². The first-order valence-corrected chi connectivity index (χ1v) is 10.8. The molecule has 146 valence electrons. The molecule has 0 spiro atoms. The van der Waals surface area contributed by atoms with Crippen LogP contribution in [0.3, 0.4) is 0 Å². The molecule has 0 radical (unpaired) electrons. The number of rotatable bonds is 10. The smallest absolute Gasteiger partial charge is 0.408 e. The number of nitrogens with one attached hydrogen (secondary N) is 1. The molecule has 2 aromatic carbocycles. The van der Waals surface area contributed by atoms with Crippen molar-refractivity contribution in [1.29, 1.82) is 0 Å². The molecule has 2 aromatic rings. The van der Waals surface area contributed by atoms with Crippen molar-refractivity contribution in [2.24, 2.45) is 0 Å². The second-order valence-corrected chi connectivity index (χ2v) is 8.57. The molecule has 0 saturated carbocycles. The summed E-state index contributed by atoms with van der Waals surface area (Å²) >= 11 is 0. The standard InChI is InChI=1S/C22H31N2O2P/c1-18(2)24(19(3)4)22(17-23-27(25)26,15-20-11-7-5-8-12-20)16-21-13-9-6-10-14-21/h5-14,18-19H,15-17H2,1-4H3,(H,23,25,26). The van der Waals surface area contributed by atoms with Gasteiger partial charge in [-0.3, -0.25) is 4.90 Å². The van der Waals surface area contributed by atoms with Gasteiger partial charge in [0.1, 0.15) is 0 Å². The molecule has 0 saturated heterocycles. The van der Waals surface area contributed by atoms with Crippen molar-refractivity contribution in [2.75, 3.05) is 6.54 Å². The summed E-state index contributed by atoms with van der Waals surface area (Å²) in [4.78, 5) is 13.9. The molecule has 0 fully saturated rings. The molecule has 0 aliphatic carbocycles. The van der Waals surface area contributed by atoms with Crippen molar-refractivity contribution in [3.05, 3.63) is 71.8 Å². The van der Waals surface area contributed by atoms with Crippen molar-refractivity contribution >= 4 is 8.18 Å². The molecule has 1 unspecified atom stereocenters. The summed E-state index contributed by atoms with van der Waals surface area (Å²) in [5.41, 5.74) is 2.06. The maximum Gasteiger partial charge on any atom is 0.408 e. The van der Waals surface area contributed by atoms with E-state index in [9.17, 15) is 9.46 Å². The fraction of sp³-hybridized carbons (Fsp3) is 0.455. The predicted octanol–water partition coefficient (Wildman–Crippen LogP) is 3.94. The lowest BCUT2D eigenvalue weighted by molar-refractivity contribution is -0.167. The molecule has 0 amide bonds. The Morgan fingerprint density at radius 3 is 1.63 bits per heavy atom. The zero-order valence-electron chi connectivity index (χ0n) is 16.8. The van der Waals surface area contributed by atoms with Gasteiger partial charge in [0.15, 0.2) is 0 Å². The molecule has 2 rings (SSSR count). The Hall–Kier alpha value is -1.58. The molecule has 5 heteroatoms. The Morgan fingerprint density at radius 2 is 1.30 bits per heavy atom. The lowest BCUT2D eigenvalue weighted by atomic mass is 9.81. The molecule has 0 aromatic heterocycles. The van der Waals surface area contributed by atoms with Crippen molar-refractivity contribution in [1.82, 2.24) is 9.99 Å². The highest BCUT2D eigenvalue weighted by atomic mass is 31.1. The molecule has 0 aliphatic rings. The van der Waals surface area contributed by atoms with E-state index in [4.69, 9.17) is 0 Å². The van der Waals surface area contributed by atoms with Crippen LogP contribution in [0, 0.1) is 0 Å². The van der Waals surface area contributed by atoms with E-state index < -0.39 is 8.18 Å². The molecule has 0 heterocycles. The summed E-state index contributed by atoms with van der Waals surface area (Å²) in [6, 6.07) is 21.2. The third-order valence-electron chi connectivity index (χ3n) is 4.95. The molecular formula is C22H31N2O2P. The van der Waals surface area contributed by atoms with E-state index >= 15 is 0 Å². The van der Waals surface area contributed by atoms with Gasteiger partial charge >= 0.3 is 8.18 Å². The maximum atomic E-state index is 11.4. The Labute approximate surface area is 164 Å². The lowest BCUT2D eigenvalue weighted by Crippen LogP contribution is -2.62. The highest BCUT2D eigenvalue weighted by molar-refractivity contribution is 7.33. The largest absolute Gasteiger partial charge is 0.578 e. The molecule has 4 nitrogen and oxygen atoms in total. The lowest BCUT2D eigenvalue weighted by Gasteiger charge is -2.49. The van der Waals surface area contributed by atoms with Crippen LogP contribution < -0.4 is 9.98 Å². The minimum absolute atomic E-state index is 0.281. The van der Waals surface area contributed by atoms with Crippen LogP contribution in [0.5, 0.6) is 0 Å².